The van der Waals surface area contributed by atoms with Crippen molar-refractivity contribution in [3.63, 3.8) is 0 Å². The van der Waals surface area contributed by atoms with Crippen molar-refractivity contribution < 1.29 is 14.7 Å². The van der Waals surface area contributed by atoms with Crippen LogP contribution < -0.4 is 11.1 Å². The van der Waals surface area contributed by atoms with Crippen molar-refractivity contribution in [2.75, 3.05) is 0 Å². The molecule has 0 fully saturated rings. The van der Waals surface area contributed by atoms with Crippen LogP contribution in [0.3, 0.4) is 0 Å². The Bertz CT molecular complexity index is 1000. The Balaban J connectivity index is 1.87. The van der Waals surface area contributed by atoms with Gasteiger partial charge in [-0.05, 0) is 36.1 Å². The van der Waals surface area contributed by atoms with E-state index in [9.17, 15) is 14.7 Å². The topological polar surface area (TPSA) is 121 Å². The van der Waals surface area contributed by atoms with Gasteiger partial charge in [0.25, 0.3) is 0 Å². The second-order valence-electron chi connectivity index (χ2n) is 7.61. The number of carbonyl (C=O) groups is 2. The number of aromatic amines is 1. The monoisotopic (exact) mass is 408 g/mol. The van der Waals surface area contributed by atoms with Crippen LogP contribution in [0.5, 0.6) is 0 Å². The maximum absolute atomic E-state index is 12.8. The number of nitrogens with zero attached hydrogens (tertiary/aromatic N) is 1. The fourth-order valence-corrected chi connectivity index (χ4v) is 3.41. The average Bonchev–Trinajstić information content (AvgIpc) is 3.19. The number of para-hydroxylation sites is 1. The highest BCUT2D eigenvalue weighted by atomic mass is 16.3. The summed E-state index contributed by atoms with van der Waals surface area (Å²) in [6, 6.07) is 11.1. The highest BCUT2D eigenvalue weighted by molar-refractivity contribution is 5.98. The van der Waals surface area contributed by atoms with E-state index in [4.69, 9.17) is 5.73 Å². The van der Waals surface area contributed by atoms with Crippen molar-refractivity contribution in [1.82, 2.24) is 15.3 Å². The van der Waals surface area contributed by atoms with Gasteiger partial charge >= 0.3 is 0 Å². The van der Waals surface area contributed by atoms with Gasteiger partial charge in [0.1, 0.15) is 11.8 Å². The van der Waals surface area contributed by atoms with E-state index in [-0.39, 0.29) is 23.9 Å². The molecule has 0 saturated carbocycles. The fourth-order valence-electron chi connectivity index (χ4n) is 3.41. The predicted molar refractivity (Wildman–Crippen MR) is 116 cm³/mol. The third-order valence-electron chi connectivity index (χ3n) is 5.57. The Morgan fingerprint density at radius 1 is 1.20 bits per heavy atom. The number of hydrogen-bond donors (Lipinski definition) is 4. The normalized spacial score (nSPS) is 15.3. The van der Waals surface area contributed by atoms with E-state index < -0.39 is 24.0 Å². The first-order valence-electron chi connectivity index (χ1n) is 10.2. The quantitative estimate of drug-likeness (QED) is 0.405. The maximum atomic E-state index is 12.8. The van der Waals surface area contributed by atoms with Crippen LogP contribution in [0.4, 0.5) is 0 Å². The minimum atomic E-state index is -1.46. The first-order valence-corrected chi connectivity index (χ1v) is 10.2. The zero-order valence-electron chi connectivity index (χ0n) is 17.2. The molecule has 7 heteroatoms. The lowest BCUT2D eigenvalue weighted by Crippen LogP contribution is -2.54. The minimum Gasteiger partial charge on any atom is -0.383 e. The standard InChI is InChI=1S/C23H28N4O3/c1-3-14(2)20(24)23(30)27-19(22(29)21(28)18-10-6-7-11-25-18)12-15-13-26-17-9-5-4-8-16(15)17/h4-11,13-14,19-20,22,26,29H,3,12,24H2,1-2H3,(H,27,30)/t14-,19-,20-,22?/m0/s1. The molecule has 0 aliphatic rings. The molecule has 3 rings (SSSR count). The van der Waals surface area contributed by atoms with Crippen LogP contribution in [0, 0.1) is 5.92 Å². The molecule has 3 aromatic rings. The van der Waals surface area contributed by atoms with E-state index in [2.05, 4.69) is 15.3 Å². The molecule has 1 unspecified atom stereocenters. The number of fused-ring (bicyclic) bond motifs is 1. The summed E-state index contributed by atoms with van der Waals surface area (Å²) < 4.78 is 0. The minimum absolute atomic E-state index is 0.0256. The highest BCUT2D eigenvalue weighted by Crippen LogP contribution is 2.21. The van der Waals surface area contributed by atoms with Gasteiger partial charge in [-0.2, -0.15) is 0 Å². The lowest BCUT2D eigenvalue weighted by Gasteiger charge is -2.26. The number of Topliss-reactive ketones (excluding diaryl/α,β-unsaturated/α-hetero) is 1. The van der Waals surface area contributed by atoms with Crippen LogP contribution in [0.1, 0.15) is 36.3 Å². The van der Waals surface area contributed by atoms with Gasteiger partial charge in [0.15, 0.2) is 0 Å². The van der Waals surface area contributed by atoms with Crippen molar-refractivity contribution in [3.05, 3.63) is 66.1 Å². The summed E-state index contributed by atoms with van der Waals surface area (Å²) in [4.78, 5) is 32.8. The molecular weight excluding hydrogens is 380 g/mol. The number of nitrogens with two attached hydrogens (primary N) is 1. The number of aliphatic hydroxyl groups excluding tert-OH is 1. The lowest BCUT2D eigenvalue weighted by atomic mass is 9.94. The van der Waals surface area contributed by atoms with Gasteiger partial charge in [-0.3, -0.25) is 14.6 Å². The van der Waals surface area contributed by atoms with Crippen LogP contribution in [-0.4, -0.2) is 45.0 Å². The number of H-pyrrole nitrogens is 1. The molecule has 2 heterocycles. The van der Waals surface area contributed by atoms with Crippen LogP contribution in [-0.2, 0) is 11.2 Å². The fraction of sp³-hybridized carbons (Fsp3) is 0.348. The zero-order valence-corrected chi connectivity index (χ0v) is 17.2. The molecule has 4 atom stereocenters. The van der Waals surface area contributed by atoms with Gasteiger partial charge in [-0.15, -0.1) is 0 Å². The van der Waals surface area contributed by atoms with E-state index in [1.165, 1.54) is 6.20 Å². The summed E-state index contributed by atoms with van der Waals surface area (Å²) in [5.41, 5.74) is 8.05. The van der Waals surface area contributed by atoms with Crippen LogP contribution in [0.15, 0.2) is 54.9 Å². The number of nitrogens with one attached hydrogen (secondary N) is 2. The first kappa shape index (κ1) is 21.7. The van der Waals surface area contributed by atoms with Gasteiger partial charge in [0.2, 0.25) is 11.7 Å². The average molecular weight is 409 g/mol. The van der Waals surface area contributed by atoms with Crippen molar-refractivity contribution in [3.8, 4) is 0 Å². The second kappa shape index (κ2) is 9.65. The molecule has 5 N–H and O–H groups in total. The molecule has 1 amide bonds. The third kappa shape index (κ3) is 4.75. The van der Waals surface area contributed by atoms with Crippen molar-refractivity contribution >= 4 is 22.6 Å². The van der Waals surface area contributed by atoms with Gasteiger partial charge in [0.05, 0.1) is 12.1 Å². The van der Waals surface area contributed by atoms with Gasteiger partial charge < -0.3 is 21.1 Å². The number of ketones is 1. The molecule has 0 spiro atoms. The molecule has 30 heavy (non-hydrogen) atoms. The summed E-state index contributed by atoms with van der Waals surface area (Å²) in [7, 11) is 0. The summed E-state index contributed by atoms with van der Waals surface area (Å²) >= 11 is 0. The van der Waals surface area contributed by atoms with E-state index in [0.29, 0.717) is 0 Å². The number of aromatic nitrogens is 2. The zero-order chi connectivity index (χ0) is 21.7. The summed E-state index contributed by atoms with van der Waals surface area (Å²) in [5.74, 6) is -0.956. The lowest BCUT2D eigenvalue weighted by molar-refractivity contribution is -0.124. The molecular formula is C23H28N4O3. The van der Waals surface area contributed by atoms with Crippen molar-refractivity contribution in [2.24, 2.45) is 11.7 Å². The molecule has 158 valence electrons. The third-order valence-corrected chi connectivity index (χ3v) is 5.57. The van der Waals surface area contributed by atoms with Gasteiger partial charge in [-0.25, -0.2) is 0 Å². The van der Waals surface area contributed by atoms with E-state index in [1.54, 1.807) is 18.2 Å². The first-order chi connectivity index (χ1) is 14.4. The van der Waals surface area contributed by atoms with Crippen LogP contribution in [0.2, 0.25) is 0 Å². The van der Waals surface area contributed by atoms with E-state index in [1.807, 2.05) is 44.3 Å². The van der Waals surface area contributed by atoms with E-state index in [0.717, 1.165) is 22.9 Å². The highest BCUT2D eigenvalue weighted by Gasteiger charge is 2.32. The number of pyridine rings is 1. The summed E-state index contributed by atoms with van der Waals surface area (Å²) in [6.07, 6.45) is 2.88. The molecule has 0 saturated heterocycles. The Morgan fingerprint density at radius 3 is 2.63 bits per heavy atom. The van der Waals surface area contributed by atoms with E-state index >= 15 is 0 Å². The number of amides is 1. The SMILES string of the molecule is CC[C@H](C)[C@H](N)C(=O)N[C@@H](Cc1c[nH]c2ccccc12)C(O)C(=O)c1ccccn1. The van der Waals surface area contributed by atoms with Crippen LogP contribution in [0.25, 0.3) is 10.9 Å². The molecule has 0 radical (unpaired) electrons. The Morgan fingerprint density at radius 2 is 1.93 bits per heavy atom. The number of rotatable bonds is 9. The number of benzene rings is 1. The molecule has 7 nitrogen and oxygen atoms in total. The number of aliphatic hydroxyl groups is 1. The number of carbonyl (C=O) groups excluding carboxylic acids is 2. The summed E-state index contributed by atoms with van der Waals surface area (Å²) in [5, 5.41) is 14.7. The van der Waals surface area contributed by atoms with Crippen molar-refractivity contribution in [2.45, 2.75) is 44.9 Å². The predicted octanol–water partition coefficient (Wildman–Crippen LogP) is 2.21. The number of hydrogen-bond acceptors (Lipinski definition) is 5. The van der Waals surface area contributed by atoms with Crippen LogP contribution >= 0.6 is 0 Å². The molecule has 0 aliphatic heterocycles. The Hall–Kier alpha value is -3.03. The van der Waals surface area contributed by atoms with Gasteiger partial charge in [0, 0.05) is 23.3 Å². The van der Waals surface area contributed by atoms with Crippen molar-refractivity contribution in [1.29, 1.82) is 0 Å². The second-order valence-corrected chi connectivity index (χ2v) is 7.61. The maximum Gasteiger partial charge on any atom is 0.237 e. The molecule has 0 bridgehead atoms. The Labute approximate surface area is 175 Å². The smallest absolute Gasteiger partial charge is 0.237 e. The molecule has 1 aromatic carbocycles. The van der Waals surface area contributed by atoms with Gasteiger partial charge in [-0.1, -0.05) is 44.5 Å². The summed E-state index contributed by atoms with van der Waals surface area (Å²) in [6.45, 7) is 3.86. The molecule has 2 aromatic heterocycles. The Kier molecular flexibility index (Phi) is 6.97. The largest absolute Gasteiger partial charge is 0.383 e. The molecule has 0 aliphatic carbocycles.